The summed E-state index contributed by atoms with van der Waals surface area (Å²) >= 11 is 0. The lowest BCUT2D eigenvalue weighted by atomic mass is 10.1. The zero-order chi connectivity index (χ0) is 33.0. The summed E-state index contributed by atoms with van der Waals surface area (Å²) in [7, 11) is 3.15. The number of carbonyl (C=O) groups is 2. The van der Waals surface area contributed by atoms with Crippen LogP contribution in [0.4, 0.5) is 0 Å². The van der Waals surface area contributed by atoms with E-state index in [2.05, 4.69) is 22.6 Å². The summed E-state index contributed by atoms with van der Waals surface area (Å²) in [6.45, 7) is 13.9. The van der Waals surface area contributed by atoms with E-state index in [-0.39, 0.29) is 13.2 Å². The summed E-state index contributed by atoms with van der Waals surface area (Å²) < 4.78 is 41.4. The molecule has 244 valence electrons. The van der Waals surface area contributed by atoms with Gasteiger partial charge in [0.05, 0.1) is 36.9 Å². The molecule has 10 nitrogen and oxygen atoms in total. The minimum Gasteiger partial charge on any atom is -0.475 e. The van der Waals surface area contributed by atoms with E-state index in [1.807, 2.05) is 45.0 Å². The molecule has 2 aromatic carbocycles. The molecule has 2 saturated heterocycles. The number of ether oxygens (including phenoxy) is 8. The molecule has 0 aliphatic carbocycles. The van der Waals surface area contributed by atoms with Gasteiger partial charge in [0, 0.05) is 14.2 Å². The Morgan fingerprint density at radius 1 is 0.778 bits per heavy atom. The molecule has 2 fully saturated rings. The second kappa shape index (κ2) is 20.7. The van der Waals surface area contributed by atoms with Gasteiger partial charge in [-0.2, -0.15) is 0 Å². The molecule has 0 bridgehead atoms. The smallest absolute Gasteiger partial charge is 0.338 e. The van der Waals surface area contributed by atoms with Crippen LogP contribution in [0, 0.1) is 13.8 Å². The van der Waals surface area contributed by atoms with Gasteiger partial charge in [0.1, 0.15) is 12.2 Å². The second-order valence-electron chi connectivity index (χ2n) is 10.1. The van der Waals surface area contributed by atoms with Crippen molar-refractivity contribution >= 4 is 11.9 Å². The van der Waals surface area contributed by atoms with Gasteiger partial charge < -0.3 is 37.9 Å². The number of esters is 2. The third kappa shape index (κ3) is 13.5. The maximum absolute atomic E-state index is 12.4. The van der Waals surface area contributed by atoms with Crippen LogP contribution in [-0.2, 0) is 37.9 Å². The molecule has 0 saturated carbocycles. The molecule has 0 aromatic heterocycles. The van der Waals surface area contributed by atoms with E-state index in [1.165, 1.54) is 6.26 Å². The van der Waals surface area contributed by atoms with Crippen molar-refractivity contribution in [2.24, 2.45) is 0 Å². The third-order valence-corrected chi connectivity index (χ3v) is 6.19. The van der Waals surface area contributed by atoms with Crippen molar-refractivity contribution < 1.29 is 47.5 Å². The van der Waals surface area contributed by atoms with Gasteiger partial charge in [-0.25, -0.2) is 9.59 Å². The Balaban J connectivity index is 0.000000343. The molecule has 2 aromatic rings. The Bertz CT molecular complexity index is 1180. The van der Waals surface area contributed by atoms with E-state index in [1.54, 1.807) is 63.0 Å². The lowest BCUT2D eigenvalue weighted by molar-refractivity contribution is -0.0287. The lowest BCUT2D eigenvalue weighted by Gasteiger charge is -2.17. The van der Waals surface area contributed by atoms with Gasteiger partial charge in [0.2, 0.25) is 0 Å². The molecule has 0 spiro atoms. The first kappa shape index (κ1) is 37.0. The average Bonchev–Trinajstić information content (AvgIpc) is 3.62. The SMILES string of the molecule is C=C(C)C=COCOC.C=CC=COCOC.Cc1ccc(C(=O)O[C@H]2COC3C2OC[C@H]3OC(=O)c2ccc(C)cc2)cc1. The van der Waals surface area contributed by atoms with Gasteiger partial charge in [-0.15, -0.1) is 0 Å². The fourth-order valence-corrected chi connectivity index (χ4v) is 3.91. The van der Waals surface area contributed by atoms with Crippen molar-refractivity contribution in [3.8, 4) is 0 Å². The molecule has 0 amide bonds. The molecule has 10 heteroatoms. The van der Waals surface area contributed by atoms with Gasteiger partial charge in [0.25, 0.3) is 0 Å². The Morgan fingerprint density at radius 3 is 1.58 bits per heavy atom. The van der Waals surface area contributed by atoms with Crippen molar-refractivity contribution in [1.29, 1.82) is 0 Å². The van der Waals surface area contributed by atoms with Gasteiger partial charge >= 0.3 is 11.9 Å². The predicted molar refractivity (Wildman–Crippen MR) is 169 cm³/mol. The highest BCUT2D eigenvalue weighted by Gasteiger charge is 2.51. The number of fused-ring (bicyclic) bond motifs is 1. The Hall–Kier alpha value is -4.22. The highest BCUT2D eigenvalue weighted by atomic mass is 16.7. The summed E-state index contributed by atoms with van der Waals surface area (Å²) in [5, 5.41) is 0. The fourth-order valence-electron chi connectivity index (χ4n) is 3.91. The van der Waals surface area contributed by atoms with Crippen LogP contribution in [-0.4, -0.2) is 77.4 Å². The molecular formula is C35H44O10. The van der Waals surface area contributed by atoms with Crippen LogP contribution in [0.5, 0.6) is 0 Å². The zero-order valence-corrected chi connectivity index (χ0v) is 26.6. The number of aryl methyl sites for hydroxylation is 2. The Kier molecular flexibility index (Phi) is 17.0. The van der Waals surface area contributed by atoms with Crippen LogP contribution in [0.2, 0.25) is 0 Å². The Morgan fingerprint density at radius 2 is 1.20 bits per heavy atom. The molecule has 4 atom stereocenters. The minimum atomic E-state index is -0.526. The first-order chi connectivity index (χ1) is 21.7. The summed E-state index contributed by atoms with van der Waals surface area (Å²) in [6, 6.07) is 14.3. The van der Waals surface area contributed by atoms with Crippen LogP contribution in [0.3, 0.4) is 0 Å². The number of hydrogen-bond acceptors (Lipinski definition) is 10. The van der Waals surface area contributed by atoms with Gasteiger partial charge in [-0.1, -0.05) is 60.2 Å². The highest BCUT2D eigenvalue weighted by molar-refractivity contribution is 5.90. The largest absolute Gasteiger partial charge is 0.475 e. The number of hydrogen-bond donors (Lipinski definition) is 0. The molecular weight excluding hydrogens is 580 g/mol. The fraction of sp³-hybridized carbons (Fsp3) is 0.371. The molecule has 2 unspecified atom stereocenters. The van der Waals surface area contributed by atoms with Crippen LogP contribution in [0.1, 0.15) is 38.8 Å². The van der Waals surface area contributed by atoms with Crippen molar-refractivity contribution in [3.63, 3.8) is 0 Å². The molecule has 4 rings (SSSR count). The van der Waals surface area contributed by atoms with E-state index in [0.717, 1.165) is 16.7 Å². The summed E-state index contributed by atoms with van der Waals surface area (Å²) in [5.41, 5.74) is 4.06. The summed E-state index contributed by atoms with van der Waals surface area (Å²) in [6.07, 6.45) is 6.26. The van der Waals surface area contributed by atoms with Gasteiger partial charge in [0.15, 0.2) is 25.8 Å². The van der Waals surface area contributed by atoms with Gasteiger partial charge in [-0.05, 0) is 57.2 Å². The van der Waals surface area contributed by atoms with E-state index in [0.29, 0.717) is 24.7 Å². The molecule has 45 heavy (non-hydrogen) atoms. The number of rotatable bonds is 12. The average molecular weight is 625 g/mol. The van der Waals surface area contributed by atoms with E-state index in [9.17, 15) is 9.59 Å². The predicted octanol–water partition coefficient (Wildman–Crippen LogP) is 5.86. The van der Waals surface area contributed by atoms with Crippen molar-refractivity contribution in [2.75, 3.05) is 41.0 Å². The summed E-state index contributed by atoms with van der Waals surface area (Å²) in [5.74, 6) is -0.837. The molecule has 2 heterocycles. The summed E-state index contributed by atoms with van der Waals surface area (Å²) in [4.78, 5) is 24.7. The number of methoxy groups -OCH3 is 2. The standard InChI is InChI=1S/C22H22O6.C7H12O2.C6H10O2/c1-13-3-7-15(8-4-13)21(23)27-17-11-25-20-18(12-26-19(17)20)28-22(24)16-9-5-14(2)6-10-16;1-7(2)4-5-9-6-8-3;1-3-4-5-8-6-7-2/h3-10,17-20H,11-12H2,1-2H3;4-5H,1,6H2,2-3H3;3-5H,1,6H2,2H3/t17-,18+,19?,20?;;. The van der Waals surface area contributed by atoms with Crippen molar-refractivity contribution in [3.05, 3.63) is 120 Å². The molecule has 2 aliphatic rings. The third-order valence-electron chi connectivity index (χ3n) is 6.19. The quantitative estimate of drug-likeness (QED) is 0.0938. The Labute approximate surface area is 265 Å². The van der Waals surface area contributed by atoms with Crippen LogP contribution >= 0.6 is 0 Å². The monoisotopic (exact) mass is 624 g/mol. The topological polar surface area (TPSA) is 108 Å². The first-order valence-electron chi connectivity index (χ1n) is 14.3. The lowest BCUT2D eigenvalue weighted by Crippen LogP contribution is -2.36. The van der Waals surface area contributed by atoms with Crippen molar-refractivity contribution in [1.82, 2.24) is 0 Å². The number of carbonyl (C=O) groups excluding carboxylic acids is 2. The van der Waals surface area contributed by atoms with E-state index >= 15 is 0 Å². The second-order valence-corrected chi connectivity index (χ2v) is 10.1. The van der Waals surface area contributed by atoms with Crippen LogP contribution in [0.15, 0.2) is 98.0 Å². The van der Waals surface area contributed by atoms with Crippen LogP contribution in [0.25, 0.3) is 0 Å². The zero-order valence-electron chi connectivity index (χ0n) is 26.6. The minimum absolute atomic E-state index is 0.214. The highest BCUT2D eigenvalue weighted by Crippen LogP contribution is 2.31. The maximum atomic E-state index is 12.4. The van der Waals surface area contributed by atoms with E-state index < -0.39 is 36.4 Å². The van der Waals surface area contributed by atoms with Gasteiger partial charge in [-0.3, -0.25) is 0 Å². The number of benzene rings is 2. The van der Waals surface area contributed by atoms with Crippen molar-refractivity contribution in [2.45, 2.75) is 45.2 Å². The number of allylic oxidation sites excluding steroid dienone is 4. The molecule has 0 radical (unpaired) electrons. The van der Waals surface area contributed by atoms with E-state index in [4.69, 9.17) is 28.4 Å². The van der Waals surface area contributed by atoms with Crippen LogP contribution < -0.4 is 0 Å². The molecule has 0 N–H and O–H groups in total. The first-order valence-corrected chi connectivity index (χ1v) is 14.3. The molecule has 2 aliphatic heterocycles. The normalized spacial score (nSPS) is 19.8. The maximum Gasteiger partial charge on any atom is 0.338 e.